The highest BCUT2D eigenvalue weighted by Gasteiger charge is 2.23. The molecule has 0 radical (unpaired) electrons. The summed E-state index contributed by atoms with van der Waals surface area (Å²) in [6, 6.07) is 1.45. The van der Waals surface area contributed by atoms with Crippen molar-refractivity contribution in [1.29, 1.82) is 0 Å². The minimum Gasteiger partial charge on any atom is -0.351 e. The molecule has 4 rings (SSSR count). The zero-order chi connectivity index (χ0) is 17.7. The van der Waals surface area contributed by atoms with E-state index in [1.807, 2.05) is 18.7 Å². The number of aryl methyl sites for hydroxylation is 1. The van der Waals surface area contributed by atoms with Gasteiger partial charge in [0.05, 0.1) is 5.39 Å². The lowest BCUT2D eigenvalue weighted by molar-refractivity contribution is 0.475. The van der Waals surface area contributed by atoms with Gasteiger partial charge in [-0.15, -0.1) is 0 Å². The van der Waals surface area contributed by atoms with Crippen molar-refractivity contribution in [1.82, 2.24) is 19.2 Å². The highest BCUT2D eigenvalue weighted by atomic mass is 32.1. The molecule has 9 heteroatoms. The summed E-state index contributed by atoms with van der Waals surface area (Å²) in [7, 11) is 0. The van der Waals surface area contributed by atoms with E-state index in [0.717, 1.165) is 18.1 Å². The highest BCUT2D eigenvalue weighted by Crippen LogP contribution is 2.25. The molecule has 1 saturated heterocycles. The molecule has 7 nitrogen and oxygen atoms in total. The third kappa shape index (κ3) is 2.46. The van der Waals surface area contributed by atoms with Crippen LogP contribution in [0.3, 0.4) is 0 Å². The van der Waals surface area contributed by atoms with Gasteiger partial charge < -0.3 is 14.8 Å². The number of hydrogen-bond donors (Lipinski definition) is 2. The zero-order valence-corrected chi connectivity index (χ0v) is 14.7. The summed E-state index contributed by atoms with van der Waals surface area (Å²) < 4.78 is 19.1. The van der Waals surface area contributed by atoms with Crippen LogP contribution < -0.4 is 21.2 Å². The van der Waals surface area contributed by atoms with Crippen molar-refractivity contribution in [3.63, 3.8) is 0 Å². The number of pyridine rings is 2. The van der Waals surface area contributed by atoms with Gasteiger partial charge in [-0.3, -0.25) is 14.0 Å². The van der Waals surface area contributed by atoms with E-state index in [0.29, 0.717) is 30.1 Å². The van der Waals surface area contributed by atoms with Crippen molar-refractivity contribution in [2.75, 3.05) is 24.5 Å². The molecule has 2 N–H and O–H groups in total. The normalized spacial score (nSPS) is 18.4. The van der Waals surface area contributed by atoms with Crippen molar-refractivity contribution in [3.8, 4) is 0 Å². The predicted octanol–water partition coefficient (Wildman–Crippen LogP) is 1.26. The number of hydrogen-bond acceptors (Lipinski definition) is 6. The summed E-state index contributed by atoms with van der Waals surface area (Å²) in [6.45, 7) is 6.51. The van der Waals surface area contributed by atoms with E-state index in [9.17, 15) is 14.0 Å². The van der Waals surface area contributed by atoms with Gasteiger partial charge in [0.25, 0.3) is 5.56 Å². The quantitative estimate of drug-likeness (QED) is 0.716. The molecule has 1 atom stereocenters. The molecule has 25 heavy (non-hydrogen) atoms. The molecule has 132 valence electrons. The number of nitrogens with zero attached hydrogens (tertiary/aromatic N) is 3. The second kappa shape index (κ2) is 5.92. The van der Waals surface area contributed by atoms with Crippen LogP contribution in [-0.4, -0.2) is 39.6 Å². The van der Waals surface area contributed by atoms with Gasteiger partial charge in [-0.25, -0.2) is 9.37 Å². The van der Waals surface area contributed by atoms with E-state index in [4.69, 9.17) is 0 Å². The molecule has 0 saturated carbocycles. The van der Waals surface area contributed by atoms with Crippen LogP contribution in [0, 0.1) is 5.82 Å². The maximum atomic E-state index is 14.7. The molecule has 1 fully saturated rings. The minimum absolute atomic E-state index is 0.0732. The summed E-state index contributed by atoms with van der Waals surface area (Å²) in [5.41, 5.74) is -0.490. The van der Waals surface area contributed by atoms with Gasteiger partial charge in [-0.1, -0.05) is 0 Å². The molecule has 3 aromatic rings. The summed E-state index contributed by atoms with van der Waals surface area (Å²) in [4.78, 5) is 31.6. The first-order valence-electron chi connectivity index (χ1n) is 8.23. The number of rotatable bonds is 2. The van der Waals surface area contributed by atoms with E-state index < -0.39 is 16.8 Å². The lowest BCUT2D eigenvalue weighted by atomic mass is 10.2. The van der Waals surface area contributed by atoms with Crippen LogP contribution in [0.1, 0.15) is 13.8 Å². The molecule has 0 bridgehead atoms. The van der Waals surface area contributed by atoms with Crippen molar-refractivity contribution >= 4 is 38.6 Å². The Labute approximate surface area is 146 Å². The molecule has 3 aromatic heterocycles. The number of H-pyrrole nitrogens is 1. The first-order chi connectivity index (χ1) is 12.0. The molecule has 1 aliphatic heterocycles. The minimum atomic E-state index is -0.535. The van der Waals surface area contributed by atoms with Gasteiger partial charge >= 0.3 is 0 Å². The van der Waals surface area contributed by atoms with Crippen molar-refractivity contribution in [3.05, 3.63) is 32.5 Å². The predicted molar refractivity (Wildman–Crippen MR) is 97.3 cm³/mol. The summed E-state index contributed by atoms with van der Waals surface area (Å²) in [6.07, 6.45) is 0. The van der Waals surface area contributed by atoms with E-state index in [1.54, 1.807) is 4.57 Å². The molecule has 1 aliphatic rings. The fourth-order valence-electron chi connectivity index (χ4n) is 3.40. The average molecular weight is 363 g/mol. The standard InChI is InChI=1S/C16H18FN5O2S/c1-3-22-13-9(12(23)11-15(24)20-25-16(11)22)6-10(17)14(19-13)21-5-4-18-8(2)7-21/h6,8,18H,3-5,7H2,1-2H3,(H,20,24). The molecule has 0 spiro atoms. The molecule has 0 amide bonds. The van der Waals surface area contributed by atoms with Crippen molar-refractivity contribution in [2.45, 2.75) is 26.4 Å². The van der Waals surface area contributed by atoms with Gasteiger partial charge in [0, 0.05) is 32.2 Å². The van der Waals surface area contributed by atoms with Gasteiger partial charge in [0.1, 0.15) is 15.9 Å². The van der Waals surface area contributed by atoms with Gasteiger partial charge in [0.15, 0.2) is 11.6 Å². The Kier molecular flexibility index (Phi) is 3.84. The Morgan fingerprint density at radius 3 is 2.96 bits per heavy atom. The Hall–Kier alpha value is -2.26. The number of halogens is 1. The largest absolute Gasteiger partial charge is 0.351 e. The van der Waals surface area contributed by atoms with Gasteiger partial charge in [0.2, 0.25) is 5.43 Å². The number of nitrogens with one attached hydrogen (secondary N) is 2. The second-order valence-electron chi connectivity index (χ2n) is 6.25. The highest BCUT2D eigenvalue weighted by molar-refractivity contribution is 7.12. The number of fused-ring (bicyclic) bond motifs is 2. The molecular weight excluding hydrogens is 345 g/mol. The molecule has 4 heterocycles. The molecule has 0 aromatic carbocycles. The van der Waals surface area contributed by atoms with Crippen LogP contribution in [0.15, 0.2) is 15.7 Å². The van der Waals surface area contributed by atoms with Crippen LogP contribution in [0.4, 0.5) is 10.2 Å². The van der Waals surface area contributed by atoms with Crippen molar-refractivity contribution in [2.24, 2.45) is 0 Å². The second-order valence-corrected chi connectivity index (χ2v) is 7.05. The summed E-state index contributed by atoms with van der Waals surface area (Å²) in [5.74, 6) is -0.281. The van der Waals surface area contributed by atoms with Crippen molar-refractivity contribution < 1.29 is 4.39 Å². The van der Waals surface area contributed by atoms with Crippen LogP contribution in [-0.2, 0) is 6.54 Å². The number of piperazine rings is 1. The number of aromatic nitrogens is 3. The van der Waals surface area contributed by atoms with E-state index in [2.05, 4.69) is 14.7 Å². The van der Waals surface area contributed by atoms with E-state index >= 15 is 0 Å². The van der Waals surface area contributed by atoms with E-state index in [-0.39, 0.29) is 22.6 Å². The van der Waals surface area contributed by atoms with Gasteiger partial charge in [-0.05, 0) is 31.4 Å². The monoisotopic (exact) mass is 363 g/mol. The summed E-state index contributed by atoms with van der Waals surface area (Å²) in [5, 5.41) is 3.53. The Bertz CT molecular complexity index is 1090. The first kappa shape index (κ1) is 16.2. The smallest absolute Gasteiger partial charge is 0.271 e. The first-order valence-corrected chi connectivity index (χ1v) is 9.05. The Morgan fingerprint density at radius 1 is 1.44 bits per heavy atom. The van der Waals surface area contributed by atoms with Gasteiger partial charge in [-0.2, -0.15) is 0 Å². The van der Waals surface area contributed by atoms with Crippen LogP contribution in [0.2, 0.25) is 0 Å². The average Bonchev–Trinajstić information content (AvgIpc) is 2.97. The molecule has 0 aliphatic carbocycles. The Balaban J connectivity index is 2.03. The number of anilines is 1. The lowest BCUT2D eigenvalue weighted by Gasteiger charge is -2.33. The third-order valence-corrected chi connectivity index (χ3v) is 5.48. The fraction of sp³-hybridized carbons (Fsp3) is 0.438. The lowest BCUT2D eigenvalue weighted by Crippen LogP contribution is -2.49. The van der Waals surface area contributed by atoms with E-state index in [1.165, 1.54) is 6.07 Å². The topological polar surface area (TPSA) is 83.0 Å². The Morgan fingerprint density at radius 2 is 2.24 bits per heavy atom. The SMILES string of the molecule is CCn1c2nc(N3CCNC(C)C3)c(F)cc2c(=O)c2c(=O)[nH]sc21. The molecular formula is C16H18FN5O2S. The fourth-order valence-corrected chi connectivity index (χ4v) is 4.30. The van der Waals surface area contributed by atoms with Crippen LogP contribution in [0.5, 0.6) is 0 Å². The summed E-state index contributed by atoms with van der Waals surface area (Å²) >= 11 is 1.11. The van der Waals surface area contributed by atoms with Crippen LogP contribution >= 0.6 is 11.5 Å². The zero-order valence-electron chi connectivity index (χ0n) is 13.9. The third-order valence-electron chi connectivity index (χ3n) is 4.58. The number of aromatic amines is 1. The maximum Gasteiger partial charge on any atom is 0.271 e. The maximum absolute atomic E-state index is 14.7. The van der Waals surface area contributed by atoms with Crippen LogP contribution in [0.25, 0.3) is 21.3 Å². The molecule has 1 unspecified atom stereocenters.